The maximum atomic E-state index is 2.43. The van der Waals surface area contributed by atoms with Gasteiger partial charge in [0.15, 0.2) is 0 Å². The van der Waals surface area contributed by atoms with Crippen LogP contribution in [0.15, 0.2) is 152 Å². The van der Waals surface area contributed by atoms with E-state index < -0.39 is 0 Å². The van der Waals surface area contributed by atoms with E-state index in [1.165, 1.54) is 71.6 Å². The second-order valence-electron chi connectivity index (χ2n) is 11.4. The molecule has 0 saturated heterocycles. The highest BCUT2D eigenvalue weighted by molar-refractivity contribution is 6.15. The van der Waals surface area contributed by atoms with Crippen molar-refractivity contribution in [2.45, 2.75) is 19.3 Å². The molecule has 1 heterocycles. The van der Waals surface area contributed by atoms with Crippen LogP contribution in [0.1, 0.15) is 30.4 Å². The summed E-state index contributed by atoms with van der Waals surface area (Å²) in [5, 5.41) is 7.74. The molecule has 0 bridgehead atoms. The molecule has 0 radical (unpaired) electrons. The van der Waals surface area contributed by atoms with Crippen LogP contribution >= 0.6 is 0 Å². The van der Waals surface area contributed by atoms with E-state index in [1.54, 1.807) is 0 Å². The van der Waals surface area contributed by atoms with Crippen LogP contribution in [0.25, 0.3) is 49.1 Å². The van der Waals surface area contributed by atoms with Crippen molar-refractivity contribution < 1.29 is 0 Å². The first-order chi connectivity index (χ1) is 20.7. The van der Waals surface area contributed by atoms with Crippen LogP contribution in [0.3, 0.4) is 0 Å². The zero-order valence-corrected chi connectivity index (χ0v) is 23.7. The average Bonchev–Trinajstić information content (AvgIpc) is 3.20. The smallest absolute Gasteiger partial charge is 0.0496 e. The molecule has 0 fully saturated rings. The van der Waals surface area contributed by atoms with Crippen LogP contribution in [-0.4, -0.2) is 0 Å². The lowest BCUT2D eigenvalue weighted by Gasteiger charge is -2.29. The molecule has 8 rings (SSSR count). The first-order valence-corrected chi connectivity index (χ1v) is 14.8. The summed E-state index contributed by atoms with van der Waals surface area (Å²) in [6, 6.07) is 53.3. The lowest BCUT2D eigenvalue weighted by atomic mass is 9.93. The summed E-state index contributed by atoms with van der Waals surface area (Å²) in [5.41, 5.74) is 8.80. The van der Waals surface area contributed by atoms with E-state index in [4.69, 9.17) is 0 Å². The van der Waals surface area contributed by atoms with Gasteiger partial charge in [-0.05, 0) is 97.2 Å². The Morgan fingerprint density at radius 3 is 2.07 bits per heavy atom. The third kappa shape index (κ3) is 4.09. The number of anilines is 2. The van der Waals surface area contributed by atoms with E-state index in [-0.39, 0.29) is 0 Å². The van der Waals surface area contributed by atoms with Crippen molar-refractivity contribution in [1.82, 2.24) is 0 Å². The van der Waals surface area contributed by atoms with Crippen molar-refractivity contribution in [2.24, 2.45) is 0 Å². The first kappa shape index (κ1) is 24.6. The summed E-state index contributed by atoms with van der Waals surface area (Å²) in [4.78, 5) is 2.43. The molecule has 7 aromatic carbocycles. The van der Waals surface area contributed by atoms with E-state index >= 15 is 0 Å². The van der Waals surface area contributed by atoms with Crippen LogP contribution in [0.5, 0.6) is 0 Å². The van der Waals surface area contributed by atoms with Gasteiger partial charge in [-0.3, -0.25) is 0 Å². The normalized spacial score (nSPS) is 15.0. The second kappa shape index (κ2) is 10.0. The summed E-state index contributed by atoms with van der Waals surface area (Å²) in [6.45, 7) is 2.33. The number of nitrogens with zero attached hydrogens (tertiary/aromatic N) is 1. The molecule has 1 nitrogen and oxygen atoms in total. The van der Waals surface area contributed by atoms with Crippen LogP contribution < -0.4 is 4.90 Å². The summed E-state index contributed by atoms with van der Waals surface area (Å²) in [7, 11) is 0. The van der Waals surface area contributed by atoms with Gasteiger partial charge in [-0.25, -0.2) is 0 Å². The van der Waals surface area contributed by atoms with E-state index in [0.29, 0.717) is 5.92 Å². The second-order valence-corrected chi connectivity index (χ2v) is 11.4. The predicted molar refractivity (Wildman–Crippen MR) is 180 cm³/mol. The van der Waals surface area contributed by atoms with Gasteiger partial charge in [-0.1, -0.05) is 128 Å². The number of benzene rings is 7. The number of allylic oxidation sites excluding steroid dienone is 1. The largest absolute Gasteiger partial charge is 0.310 e. The Hall–Kier alpha value is -5.14. The third-order valence-electron chi connectivity index (χ3n) is 8.86. The Balaban J connectivity index is 1.24. The molecule has 1 unspecified atom stereocenters. The minimum Gasteiger partial charge on any atom is -0.310 e. The van der Waals surface area contributed by atoms with E-state index in [2.05, 4.69) is 163 Å². The van der Waals surface area contributed by atoms with E-state index in [0.717, 1.165) is 6.42 Å². The van der Waals surface area contributed by atoms with Crippen LogP contribution in [0, 0.1) is 0 Å². The molecule has 0 spiro atoms. The fraction of sp³-hybridized carbons (Fsp3) is 0.0732. The molecule has 0 aromatic heterocycles. The van der Waals surface area contributed by atoms with Gasteiger partial charge < -0.3 is 4.90 Å². The van der Waals surface area contributed by atoms with Gasteiger partial charge in [-0.15, -0.1) is 0 Å². The third-order valence-corrected chi connectivity index (χ3v) is 8.86. The Bertz CT molecular complexity index is 2120. The highest BCUT2D eigenvalue weighted by Crippen LogP contribution is 2.43. The lowest BCUT2D eigenvalue weighted by Crippen LogP contribution is -2.16. The zero-order valence-electron chi connectivity index (χ0n) is 23.7. The van der Waals surface area contributed by atoms with E-state index in [1.807, 2.05) is 0 Å². The average molecular weight is 538 g/mol. The summed E-state index contributed by atoms with van der Waals surface area (Å²) < 4.78 is 0. The minimum absolute atomic E-state index is 0.451. The fourth-order valence-electron chi connectivity index (χ4n) is 6.70. The van der Waals surface area contributed by atoms with Gasteiger partial charge in [0.25, 0.3) is 0 Å². The van der Waals surface area contributed by atoms with Crippen molar-refractivity contribution >= 4 is 49.4 Å². The molecule has 1 aliphatic rings. The standard InChI is InChI=1S/C41H31N/c1-28-18-25-40(42(34-12-3-2-4-13-34)41-17-8-7-14-35(28)41)30-21-19-29(20-22-30)36-15-9-16-37-38(36)24-23-33-26-31-10-5-6-11-32(31)27-39(33)37/h2-17,19-28H,18H2,1H3. The van der Waals surface area contributed by atoms with Gasteiger partial charge in [0.2, 0.25) is 0 Å². The topological polar surface area (TPSA) is 3.24 Å². The Morgan fingerprint density at radius 2 is 1.24 bits per heavy atom. The summed E-state index contributed by atoms with van der Waals surface area (Å²) >= 11 is 0. The molecule has 200 valence electrons. The van der Waals surface area contributed by atoms with Crippen molar-refractivity contribution in [3.63, 3.8) is 0 Å². The molecule has 0 saturated carbocycles. The molecule has 42 heavy (non-hydrogen) atoms. The Kier molecular flexibility index (Phi) is 5.89. The van der Waals surface area contributed by atoms with Crippen LogP contribution in [0.4, 0.5) is 11.4 Å². The quantitative estimate of drug-likeness (QED) is 0.160. The predicted octanol–water partition coefficient (Wildman–Crippen LogP) is 11.5. The van der Waals surface area contributed by atoms with E-state index in [9.17, 15) is 0 Å². The molecule has 1 heteroatoms. The lowest BCUT2D eigenvalue weighted by molar-refractivity contribution is 0.788. The SMILES string of the molecule is CC1CC=C(c2ccc(-c3cccc4c3ccc3cc5ccccc5cc34)cc2)N(c2ccccc2)c2ccccc21. The molecule has 0 amide bonds. The molecule has 0 aliphatic carbocycles. The summed E-state index contributed by atoms with van der Waals surface area (Å²) in [5.74, 6) is 0.451. The van der Waals surface area contributed by atoms with Crippen LogP contribution in [-0.2, 0) is 0 Å². The molecule has 7 aromatic rings. The van der Waals surface area contributed by atoms with Crippen molar-refractivity contribution in [1.29, 1.82) is 0 Å². The van der Waals surface area contributed by atoms with Gasteiger partial charge >= 0.3 is 0 Å². The number of hydrogen-bond donors (Lipinski definition) is 0. The number of para-hydroxylation sites is 2. The highest BCUT2D eigenvalue weighted by atomic mass is 15.2. The van der Waals surface area contributed by atoms with Crippen molar-refractivity contribution in [2.75, 3.05) is 4.90 Å². The monoisotopic (exact) mass is 537 g/mol. The molecular formula is C41H31N. The summed E-state index contributed by atoms with van der Waals surface area (Å²) in [6.07, 6.45) is 3.42. The van der Waals surface area contributed by atoms with Gasteiger partial charge in [0, 0.05) is 17.1 Å². The number of fused-ring (bicyclic) bond motifs is 5. The van der Waals surface area contributed by atoms with Gasteiger partial charge in [0.1, 0.15) is 0 Å². The zero-order chi connectivity index (χ0) is 28.0. The fourth-order valence-corrected chi connectivity index (χ4v) is 6.70. The minimum atomic E-state index is 0.451. The Morgan fingerprint density at radius 1 is 0.524 bits per heavy atom. The molecule has 0 N–H and O–H groups in total. The van der Waals surface area contributed by atoms with Gasteiger partial charge in [0.05, 0.1) is 0 Å². The molecule has 1 atom stereocenters. The highest BCUT2D eigenvalue weighted by Gasteiger charge is 2.24. The maximum absolute atomic E-state index is 2.43. The maximum Gasteiger partial charge on any atom is 0.0496 e. The first-order valence-electron chi connectivity index (χ1n) is 14.8. The van der Waals surface area contributed by atoms with Crippen LogP contribution in [0.2, 0.25) is 0 Å². The Labute approximate surface area is 247 Å². The van der Waals surface area contributed by atoms with Gasteiger partial charge in [-0.2, -0.15) is 0 Å². The van der Waals surface area contributed by atoms with Crippen molar-refractivity contribution in [3.05, 3.63) is 163 Å². The number of hydrogen-bond acceptors (Lipinski definition) is 1. The van der Waals surface area contributed by atoms with Crippen molar-refractivity contribution in [3.8, 4) is 11.1 Å². The number of rotatable bonds is 3. The molecular weight excluding hydrogens is 506 g/mol. The molecule has 1 aliphatic heterocycles.